The van der Waals surface area contributed by atoms with Gasteiger partial charge < -0.3 is 14.8 Å². The van der Waals surface area contributed by atoms with Gasteiger partial charge in [0.25, 0.3) is 0 Å². The van der Waals surface area contributed by atoms with Crippen molar-refractivity contribution in [1.29, 1.82) is 0 Å². The number of halogens is 1. The molecule has 1 amide bonds. The van der Waals surface area contributed by atoms with E-state index < -0.39 is 5.82 Å². The highest BCUT2D eigenvalue weighted by atomic mass is 19.1. The number of hydrogen-bond donors (Lipinski definition) is 1. The number of morpholine rings is 1. The van der Waals surface area contributed by atoms with Crippen LogP contribution in [0.5, 0.6) is 5.75 Å². The molecule has 2 aromatic rings. The molecule has 2 aromatic carbocycles. The van der Waals surface area contributed by atoms with Crippen LogP contribution in [0.4, 0.5) is 4.39 Å². The Hall–Kier alpha value is -2.70. The lowest BCUT2D eigenvalue weighted by atomic mass is 10.0. The Kier molecular flexibility index (Phi) is 7.38. The van der Waals surface area contributed by atoms with Gasteiger partial charge in [-0.2, -0.15) is 0 Å². The fourth-order valence-electron chi connectivity index (χ4n) is 3.35. The monoisotopic (exact) mass is 398 g/mol. The maximum atomic E-state index is 13.8. The van der Waals surface area contributed by atoms with Crippen LogP contribution in [0.3, 0.4) is 0 Å². The molecule has 3 rings (SSSR count). The number of amides is 1. The lowest BCUT2D eigenvalue weighted by molar-refractivity contribution is -0.116. The molecule has 0 aromatic heterocycles. The van der Waals surface area contributed by atoms with Crippen LogP contribution in [0.25, 0.3) is 6.08 Å². The molecule has 1 saturated heterocycles. The van der Waals surface area contributed by atoms with Gasteiger partial charge in [-0.05, 0) is 36.3 Å². The fraction of sp³-hybridized carbons (Fsp3) is 0.348. The number of methoxy groups -OCH3 is 1. The van der Waals surface area contributed by atoms with Crippen molar-refractivity contribution in [3.63, 3.8) is 0 Å². The van der Waals surface area contributed by atoms with Gasteiger partial charge >= 0.3 is 0 Å². The number of benzene rings is 2. The first-order valence-corrected chi connectivity index (χ1v) is 9.74. The van der Waals surface area contributed by atoms with Gasteiger partial charge in [0.2, 0.25) is 5.91 Å². The zero-order chi connectivity index (χ0) is 20.6. The van der Waals surface area contributed by atoms with E-state index in [9.17, 15) is 9.18 Å². The summed E-state index contributed by atoms with van der Waals surface area (Å²) in [6.07, 6.45) is 3.01. The summed E-state index contributed by atoms with van der Waals surface area (Å²) >= 11 is 0. The highest BCUT2D eigenvalue weighted by molar-refractivity contribution is 5.91. The highest BCUT2D eigenvalue weighted by Crippen LogP contribution is 2.22. The predicted octanol–water partition coefficient (Wildman–Crippen LogP) is 3.35. The Morgan fingerprint density at radius 2 is 1.97 bits per heavy atom. The van der Waals surface area contributed by atoms with Crippen LogP contribution in [-0.2, 0) is 9.53 Å². The van der Waals surface area contributed by atoms with Crippen LogP contribution in [0, 0.1) is 12.7 Å². The maximum absolute atomic E-state index is 13.8. The minimum absolute atomic E-state index is 0.0790. The van der Waals surface area contributed by atoms with Crippen molar-refractivity contribution in [3.05, 3.63) is 71.0 Å². The molecule has 6 heteroatoms. The van der Waals surface area contributed by atoms with E-state index in [4.69, 9.17) is 9.47 Å². The highest BCUT2D eigenvalue weighted by Gasteiger charge is 2.22. The van der Waals surface area contributed by atoms with Gasteiger partial charge in [0.1, 0.15) is 0 Å². The number of nitrogens with zero attached hydrogens (tertiary/aromatic N) is 1. The number of hydrogen-bond acceptors (Lipinski definition) is 4. The lowest BCUT2D eigenvalue weighted by Gasteiger charge is -2.35. The summed E-state index contributed by atoms with van der Waals surface area (Å²) in [5, 5.41) is 2.97. The molecule has 1 heterocycles. The van der Waals surface area contributed by atoms with E-state index in [-0.39, 0.29) is 17.7 Å². The van der Waals surface area contributed by atoms with Crippen LogP contribution < -0.4 is 10.1 Å². The second-order valence-corrected chi connectivity index (χ2v) is 7.05. The van der Waals surface area contributed by atoms with Crippen molar-refractivity contribution in [2.75, 3.05) is 40.0 Å². The van der Waals surface area contributed by atoms with Crippen molar-refractivity contribution < 1.29 is 18.7 Å². The second-order valence-electron chi connectivity index (χ2n) is 7.05. The Bertz CT molecular complexity index is 846. The summed E-state index contributed by atoms with van der Waals surface area (Å²) in [6.45, 7) is 5.59. The average Bonchev–Trinajstić information content (AvgIpc) is 2.74. The van der Waals surface area contributed by atoms with Gasteiger partial charge in [-0.3, -0.25) is 9.69 Å². The third kappa shape index (κ3) is 5.89. The largest absolute Gasteiger partial charge is 0.494 e. The van der Waals surface area contributed by atoms with Crippen LogP contribution in [0.15, 0.2) is 48.5 Å². The molecule has 1 aliphatic rings. The minimum atomic E-state index is -0.457. The Morgan fingerprint density at radius 3 is 2.62 bits per heavy atom. The van der Waals surface area contributed by atoms with Crippen molar-refractivity contribution in [2.45, 2.75) is 13.0 Å². The first-order valence-electron chi connectivity index (χ1n) is 9.74. The molecule has 154 valence electrons. The molecule has 1 atom stereocenters. The average molecular weight is 398 g/mol. The number of aryl methyl sites for hydroxylation is 1. The molecule has 1 fully saturated rings. The topological polar surface area (TPSA) is 50.8 Å². The van der Waals surface area contributed by atoms with Gasteiger partial charge in [-0.25, -0.2) is 4.39 Å². The lowest BCUT2D eigenvalue weighted by Crippen LogP contribution is -2.43. The SMILES string of the molecule is COc1ccc(/C=C/C(=O)NCC(c2ccc(C)cc2)N2CCOCC2)cc1F. The Labute approximate surface area is 171 Å². The fourth-order valence-corrected chi connectivity index (χ4v) is 3.35. The zero-order valence-corrected chi connectivity index (χ0v) is 16.9. The standard InChI is InChI=1S/C23H27FN2O3/c1-17-3-7-19(8-4-17)21(26-11-13-29-14-12-26)16-25-23(27)10-6-18-5-9-22(28-2)20(24)15-18/h3-10,15,21H,11-14,16H2,1-2H3,(H,25,27)/b10-6+. The van der Waals surface area contributed by atoms with E-state index >= 15 is 0 Å². The first kappa shape index (κ1) is 21.0. The second kappa shape index (κ2) is 10.2. The van der Waals surface area contributed by atoms with Gasteiger partial charge in [0.15, 0.2) is 11.6 Å². The molecule has 0 aliphatic carbocycles. The molecular weight excluding hydrogens is 371 g/mol. The summed E-state index contributed by atoms with van der Waals surface area (Å²) in [6, 6.07) is 13.1. The van der Waals surface area contributed by atoms with Crippen LogP contribution in [0.2, 0.25) is 0 Å². The first-order chi connectivity index (χ1) is 14.1. The molecule has 5 nitrogen and oxygen atoms in total. The molecular formula is C23H27FN2O3. The van der Waals surface area contributed by atoms with Crippen LogP contribution in [-0.4, -0.2) is 50.8 Å². The van der Waals surface area contributed by atoms with Crippen LogP contribution in [0.1, 0.15) is 22.7 Å². The quantitative estimate of drug-likeness (QED) is 0.727. The molecule has 1 N–H and O–H groups in total. The molecule has 0 spiro atoms. The number of carbonyl (C=O) groups excluding carboxylic acids is 1. The number of nitrogens with one attached hydrogen (secondary N) is 1. The van der Waals surface area contributed by atoms with Crippen molar-refractivity contribution in [2.24, 2.45) is 0 Å². The van der Waals surface area contributed by atoms with E-state index in [1.165, 1.54) is 30.4 Å². The summed E-state index contributed by atoms with van der Waals surface area (Å²) in [5.74, 6) is -0.494. The third-order valence-electron chi connectivity index (χ3n) is 5.02. The van der Waals surface area contributed by atoms with E-state index in [2.05, 4.69) is 41.4 Å². The summed E-state index contributed by atoms with van der Waals surface area (Å²) in [5.41, 5.74) is 2.97. The van der Waals surface area contributed by atoms with E-state index in [0.29, 0.717) is 25.3 Å². The van der Waals surface area contributed by atoms with Gasteiger partial charge in [0, 0.05) is 25.7 Å². The summed E-state index contributed by atoms with van der Waals surface area (Å²) in [7, 11) is 1.42. The third-order valence-corrected chi connectivity index (χ3v) is 5.02. The Balaban J connectivity index is 1.64. The number of rotatable bonds is 7. The van der Waals surface area contributed by atoms with Gasteiger partial charge in [0.05, 0.1) is 26.4 Å². The van der Waals surface area contributed by atoms with E-state index in [1.54, 1.807) is 18.2 Å². The normalized spacial score (nSPS) is 16.0. The number of carbonyl (C=O) groups is 1. The summed E-state index contributed by atoms with van der Waals surface area (Å²) < 4.78 is 24.1. The maximum Gasteiger partial charge on any atom is 0.244 e. The smallest absolute Gasteiger partial charge is 0.244 e. The van der Waals surface area contributed by atoms with Crippen molar-refractivity contribution in [3.8, 4) is 5.75 Å². The minimum Gasteiger partial charge on any atom is -0.494 e. The van der Waals surface area contributed by atoms with E-state index in [0.717, 1.165) is 13.1 Å². The Morgan fingerprint density at radius 1 is 1.24 bits per heavy atom. The molecule has 29 heavy (non-hydrogen) atoms. The van der Waals surface area contributed by atoms with Gasteiger partial charge in [-0.1, -0.05) is 35.9 Å². The van der Waals surface area contributed by atoms with Crippen molar-refractivity contribution >= 4 is 12.0 Å². The zero-order valence-electron chi connectivity index (χ0n) is 16.9. The predicted molar refractivity (Wildman–Crippen MR) is 111 cm³/mol. The summed E-state index contributed by atoms with van der Waals surface area (Å²) in [4.78, 5) is 14.7. The molecule has 0 radical (unpaired) electrons. The number of ether oxygens (including phenoxy) is 2. The molecule has 1 unspecified atom stereocenters. The van der Waals surface area contributed by atoms with Gasteiger partial charge in [-0.15, -0.1) is 0 Å². The van der Waals surface area contributed by atoms with Crippen LogP contribution >= 0.6 is 0 Å². The van der Waals surface area contributed by atoms with E-state index in [1.807, 2.05) is 0 Å². The van der Waals surface area contributed by atoms with Crippen molar-refractivity contribution in [1.82, 2.24) is 10.2 Å². The molecule has 0 bridgehead atoms. The molecule has 0 saturated carbocycles. The molecule has 1 aliphatic heterocycles.